The molecule has 0 unspecified atom stereocenters. The third kappa shape index (κ3) is 5.43. The molecule has 1 aliphatic heterocycles. The van der Waals surface area contributed by atoms with Gasteiger partial charge in [-0.25, -0.2) is 0 Å². The summed E-state index contributed by atoms with van der Waals surface area (Å²) >= 11 is 0. The minimum Gasteiger partial charge on any atom is -0.352 e. The second-order valence-electron chi connectivity index (χ2n) is 6.89. The number of rotatable bonds is 5. The molecule has 0 bridgehead atoms. The maximum absolute atomic E-state index is 12.3. The molecule has 25 heavy (non-hydrogen) atoms. The van der Waals surface area contributed by atoms with Crippen molar-refractivity contribution >= 4 is 17.9 Å². The molecule has 1 saturated carbocycles. The Hall–Kier alpha value is -2.14. The van der Waals surface area contributed by atoms with Gasteiger partial charge in [0.1, 0.15) is 0 Å². The Balaban J connectivity index is 1.39. The van der Waals surface area contributed by atoms with E-state index < -0.39 is 0 Å². The van der Waals surface area contributed by atoms with Gasteiger partial charge in [0.25, 0.3) is 0 Å². The predicted molar refractivity (Wildman–Crippen MR) is 98.9 cm³/mol. The molecule has 3 rings (SSSR count). The van der Waals surface area contributed by atoms with Crippen LogP contribution >= 0.6 is 0 Å². The van der Waals surface area contributed by atoms with Crippen molar-refractivity contribution in [1.82, 2.24) is 15.1 Å². The second-order valence-corrected chi connectivity index (χ2v) is 6.89. The lowest BCUT2D eigenvalue weighted by Gasteiger charge is -2.34. The van der Waals surface area contributed by atoms with Crippen LogP contribution in [-0.2, 0) is 9.59 Å². The van der Waals surface area contributed by atoms with E-state index in [0.29, 0.717) is 25.7 Å². The SMILES string of the molecule is O=C(CN1CCN(C(=O)/C=C/c2ccccc2)CC1)NC1CCCC1. The van der Waals surface area contributed by atoms with E-state index in [-0.39, 0.29) is 11.8 Å². The van der Waals surface area contributed by atoms with E-state index in [0.717, 1.165) is 31.5 Å². The highest BCUT2D eigenvalue weighted by Crippen LogP contribution is 2.17. The van der Waals surface area contributed by atoms with E-state index in [1.807, 2.05) is 41.3 Å². The zero-order valence-corrected chi connectivity index (χ0v) is 14.7. The molecule has 0 radical (unpaired) electrons. The number of carbonyl (C=O) groups is 2. The molecule has 1 saturated heterocycles. The minimum absolute atomic E-state index is 0.0407. The molecule has 2 aliphatic rings. The van der Waals surface area contributed by atoms with Crippen molar-refractivity contribution in [3.8, 4) is 0 Å². The highest BCUT2D eigenvalue weighted by Gasteiger charge is 2.23. The van der Waals surface area contributed by atoms with Crippen molar-refractivity contribution in [3.63, 3.8) is 0 Å². The number of carbonyl (C=O) groups excluding carboxylic acids is 2. The number of nitrogens with zero attached hydrogens (tertiary/aromatic N) is 2. The number of hydrogen-bond donors (Lipinski definition) is 1. The van der Waals surface area contributed by atoms with Crippen molar-refractivity contribution in [3.05, 3.63) is 42.0 Å². The fourth-order valence-electron chi connectivity index (χ4n) is 3.51. The molecule has 1 aromatic rings. The fraction of sp³-hybridized carbons (Fsp3) is 0.500. The summed E-state index contributed by atoms with van der Waals surface area (Å²) in [6, 6.07) is 10.2. The van der Waals surface area contributed by atoms with Crippen molar-refractivity contribution < 1.29 is 9.59 Å². The average Bonchev–Trinajstić information content (AvgIpc) is 3.14. The topological polar surface area (TPSA) is 52.7 Å². The number of benzene rings is 1. The van der Waals surface area contributed by atoms with Crippen LogP contribution in [0.4, 0.5) is 0 Å². The second kappa shape index (κ2) is 8.81. The summed E-state index contributed by atoms with van der Waals surface area (Å²) in [5.74, 6) is 0.162. The van der Waals surface area contributed by atoms with Gasteiger partial charge in [0.05, 0.1) is 6.54 Å². The molecule has 0 atom stereocenters. The summed E-state index contributed by atoms with van der Waals surface area (Å²) in [4.78, 5) is 28.4. The van der Waals surface area contributed by atoms with Crippen LogP contribution in [0, 0.1) is 0 Å². The van der Waals surface area contributed by atoms with E-state index in [4.69, 9.17) is 0 Å². The van der Waals surface area contributed by atoms with Gasteiger partial charge in [-0.1, -0.05) is 43.2 Å². The number of amides is 2. The van der Waals surface area contributed by atoms with Crippen LogP contribution in [0.5, 0.6) is 0 Å². The highest BCUT2D eigenvalue weighted by atomic mass is 16.2. The molecule has 1 aromatic carbocycles. The predicted octanol–water partition coefficient (Wildman–Crippen LogP) is 1.90. The molecular formula is C20H27N3O2. The third-order valence-electron chi connectivity index (χ3n) is 4.99. The molecule has 0 spiro atoms. The molecule has 5 heteroatoms. The maximum Gasteiger partial charge on any atom is 0.246 e. The Bertz CT molecular complexity index is 601. The first kappa shape index (κ1) is 17.7. The number of nitrogens with one attached hydrogen (secondary N) is 1. The Labute approximate surface area is 149 Å². The van der Waals surface area contributed by atoms with Gasteiger partial charge in [-0.15, -0.1) is 0 Å². The van der Waals surface area contributed by atoms with Crippen molar-refractivity contribution in [2.45, 2.75) is 31.7 Å². The summed E-state index contributed by atoms with van der Waals surface area (Å²) in [5.41, 5.74) is 1.03. The Kier molecular flexibility index (Phi) is 6.23. The summed E-state index contributed by atoms with van der Waals surface area (Å²) < 4.78 is 0. The van der Waals surface area contributed by atoms with Crippen LogP contribution in [0.1, 0.15) is 31.2 Å². The number of piperazine rings is 1. The van der Waals surface area contributed by atoms with Gasteiger partial charge in [-0.05, 0) is 24.5 Å². The standard InChI is InChI=1S/C20H27N3O2/c24-19(21-18-8-4-5-9-18)16-22-12-14-23(15-13-22)20(25)11-10-17-6-2-1-3-7-17/h1-3,6-7,10-11,18H,4-5,8-9,12-16H2,(H,21,24)/b11-10+. The van der Waals surface area contributed by atoms with Crippen LogP contribution in [0.3, 0.4) is 0 Å². The van der Waals surface area contributed by atoms with Crippen molar-refractivity contribution in [2.75, 3.05) is 32.7 Å². The first-order valence-corrected chi connectivity index (χ1v) is 9.24. The fourth-order valence-corrected chi connectivity index (χ4v) is 3.51. The molecule has 1 aliphatic carbocycles. The molecule has 2 fully saturated rings. The zero-order valence-electron chi connectivity index (χ0n) is 14.7. The Morgan fingerprint density at radius 1 is 1.04 bits per heavy atom. The van der Waals surface area contributed by atoms with Crippen LogP contribution in [-0.4, -0.2) is 60.4 Å². The van der Waals surface area contributed by atoms with Gasteiger partial charge in [0.15, 0.2) is 0 Å². The van der Waals surface area contributed by atoms with Crippen LogP contribution in [0.25, 0.3) is 6.08 Å². The zero-order chi connectivity index (χ0) is 17.5. The van der Waals surface area contributed by atoms with Gasteiger partial charge in [0, 0.05) is 38.3 Å². The molecular weight excluding hydrogens is 314 g/mol. The van der Waals surface area contributed by atoms with E-state index in [1.165, 1.54) is 12.8 Å². The quantitative estimate of drug-likeness (QED) is 0.833. The Morgan fingerprint density at radius 3 is 2.40 bits per heavy atom. The Morgan fingerprint density at radius 2 is 1.72 bits per heavy atom. The minimum atomic E-state index is 0.0407. The molecule has 0 aromatic heterocycles. The number of hydrogen-bond acceptors (Lipinski definition) is 3. The van der Waals surface area contributed by atoms with E-state index in [2.05, 4.69) is 10.2 Å². The molecule has 5 nitrogen and oxygen atoms in total. The summed E-state index contributed by atoms with van der Waals surface area (Å²) in [7, 11) is 0. The van der Waals surface area contributed by atoms with E-state index in [1.54, 1.807) is 6.08 Å². The van der Waals surface area contributed by atoms with Crippen LogP contribution < -0.4 is 5.32 Å². The first-order valence-electron chi connectivity index (χ1n) is 9.24. The van der Waals surface area contributed by atoms with Gasteiger partial charge < -0.3 is 10.2 Å². The van der Waals surface area contributed by atoms with Gasteiger partial charge in [-0.3, -0.25) is 14.5 Å². The maximum atomic E-state index is 12.3. The van der Waals surface area contributed by atoms with E-state index in [9.17, 15) is 9.59 Å². The average molecular weight is 341 g/mol. The van der Waals surface area contributed by atoms with Crippen LogP contribution in [0.2, 0.25) is 0 Å². The molecule has 1 N–H and O–H groups in total. The molecule has 134 valence electrons. The van der Waals surface area contributed by atoms with Gasteiger partial charge in [-0.2, -0.15) is 0 Å². The smallest absolute Gasteiger partial charge is 0.246 e. The third-order valence-corrected chi connectivity index (χ3v) is 4.99. The first-order chi connectivity index (χ1) is 12.2. The molecule has 1 heterocycles. The summed E-state index contributed by atoms with van der Waals surface area (Å²) in [6.45, 7) is 3.30. The summed E-state index contributed by atoms with van der Waals surface area (Å²) in [6.07, 6.45) is 8.16. The summed E-state index contributed by atoms with van der Waals surface area (Å²) in [5, 5.41) is 3.13. The normalized spacial score (nSPS) is 19.4. The van der Waals surface area contributed by atoms with Gasteiger partial charge >= 0.3 is 0 Å². The van der Waals surface area contributed by atoms with Crippen LogP contribution in [0.15, 0.2) is 36.4 Å². The van der Waals surface area contributed by atoms with E-state index >= 15 is 0 Å². The largest absolute Gasteiger partial charge is 0.352 e. The van der Waals surface area contributed by atoms with Crippen molar-refractivity contribution in [1.29, 1.82) is 0 Å². The lowest BCUT2D eigenvalue weighted by atomic mass is 10.2. The lowest BCUT2D eigenvalue weighted by molar-refractivity contribution is -0.128. The van der Waals surface area contributed by atoms with Crippen molar-refractivity contribution in [2.24, 2.45) is 0 Å². The highest BCUT2D eigenvalue weighted by molar-refractivity contribution is 5.91. The monoisotopic (exact) mass is 341 g/mol. The molecule has 2 amide bonds. The lowest BCUT2D eigenvalue weighted by Crippen LogP contribution is -2.51. The van der Waals surface area contributed by atoms with Gasteiger partial charge in [0.2, 0.25) is 11.8 Å².